The normalized spacial score (nSPS) is 11.8. The average molecular weight is 510 g/mol. The van der Waals surface area contributed by atoms with Gasteiger partial charge in [0.25, 0.3) is 0 Å². The molecule has 1 aromatic heterocycles. The topological polar surface area (TPSA) is 114 Å². The number of guanidine groups is 1. The van der Waals surface area contributed by atoms with Crippen LogP contribution in [0.4, 0.5) is 4.79 Å². The number of aryl methyl sites for hydroxylation is 1. The van der Waals surface area contributed by atoms with Crippen LogP contribution >= 0.6 is 24.0 Å². The fourth-order valence-electron chi connectivity index (χ4n) is 2.07. The molecule has 10 heteroatoms. The molecule has 0 unspecified atom stereocenters. The van der Waals surface area contributed by atoms with E-state index in [2.05, 4.69) is 31.1 Å². The van der Waals surface area contributed by atoms with E-state index in [0.29, 0.717) is 19.0 Å². The number of alkyl carbamates (subject to hydrolysis) is 1. The van der Waals surface area contributed by atoms with E-state index < -0.39 is 11.7 Å². The number of aliphatic imine (C=N–C) groups is 1. The molecule has 0 aliphatic rings. The summed E-state index contributed by atoms with van der Waals surface area (Å²) < 4.78 is 10.4. The van der Waals surface area contributed by atoms with E-state index >= 15 is 0 Å². The van der Waals surface area contributed by atoms with Gasteiger partial charge in [0.2, 0.25) is 5.89 Å². The standard InChI is InChI=1S/C18H34N6O3.HI/c1-13(2)15-23-14(27-24-15)9-7-10-20-16(19-6)21-11-8-12-22-17(25)26-18(3,4)5;/h13H,7-12H2,1-6H3,(H,22,25)(H2,19,20,21);1H. The molecule has 1 heterocycles. The molecular formula is C18H35IN6O3. The van der Waals surface area contributed by atoms with E-state index in [1.165, 1.54) is 0 Å². The number of nitrogens with one attached hydrogen (secondary N) is 3. The van der Waals surface area contributed by atoms with Crippen LogP contribution in [-0.4, -0.2) is 54.5 Å². The molecule has 0 saturated carbocycles. The number of rotatable bonds is 9. The zero-order valence-electron chi connectivity index (χ0n) is 17.8. The first-order chi connectivity index (χ1) is 12.7. The Hall–Kier alpha value is -1.59. The lowest BCUT2D eigenvalue weighted by Crippen LogP contribution is -2.39. The second-order valence-corrected chi connectivity index (χ2v) is 7.51. The van der Waals surface area contributed by atoms with Crippen LogP contribution < -0.4 is 16.0 Å². The minimum atomic E-state index is -0.480. The first-order valence-corrected chi connectivity index (χ1v) is 9.45. The first-order valence-electron chi connectivity index (χ1n) is 9.45. The van der Waals surface area contributed by atoms with Crippen LogP contribution in [0.1, 0.15) is 65.1 Å². The third kappa shape index (κ3) is 12.0. The summed E-state index contributed by atoms with van der Waals surface area (Å²) in [4.78, 5) is 20.1. The van der Waals surface area contributed by atoms with Gasteiger partial charge in [-0.05, 0) is 33.6 Å². The predicted molar refractivity (Wildman–Crippen MR) is 120 cm³/mol. The van der Waals surface area contributed by atoms with Crippen LogP contribution in [0, 0.1) is 0 Å². The highest BCUT2D eigenvalue weighted by Gasteiger charge is 2.15. The summed E-state index contributed by atoms with van der Waals surface area (Å²) >= 11 is 0. The summed E-state index contributed by atoms with van der Waals surface area (Å²) in [7, 11) is 1.72. The number of carbonyl (C=O) groups is 1. The molecule has 0 fully saturated rings. The quantitative estimate of drug-likeness (QED) is 0.203. The number of nitrogens with zero attached hydrogens (tertiary/aromatic N) is 3. The monoisotopic (exact) mass is 510 g/mol. The third-order valence-electron chi connectivity index (χ3n) is 3.40. The second kappa shape index (κ2) is 13.6. The molecule has 0 aliphatic carbocycles. The highest BCUT2D eigenvalue weighted by atomic mass is 127. The summed E-state index contributed by atoms with van der Waals surface area (Å²) in [5.41, 5.74) is -0.480. The van der Waals surface area contributed by atoms with E-state index in [0.717, 1.165) is 37.6 Å². The van der Waals surface area contributed by atoms with Crippen molar-refractivity contribution in [2.75, 3.05) is 26.7 Å². The fraction of sp³-hybridized carbons (Fsp3) is 0.778. The maximum Gasteiger partial charge on any atom is 0.407 e. The summed E-state index contributed by atoms with van der Waals surface area (Å²) in [5.74, 6) is 2.40. The van der Waals surface area contributed by atoms with E-state index in [1.54, 1.807) is 7.05 Å². The SMILES string of the molecule is CN=C(NCCCNC(=O)OC(C)(C)C)NCCCc1nc(C(C)C)no1.I. The van der Waals surface area contributed by atoms with Gasteiger partial charge in [0, 0.05) is 39.0 Å². The molecule has 0 radical (unpaired) electrons. The molecular weight excluding hydrogens is 475 g/mol. The number of carbonyl (C=O) groups excluding carboxylic acids is 1. The Morgan fingerprint density at radius 1 is 1.14 bits per heavy atom. The van der Waals surface area contributed by atoms with Gasteiger partial charge in [-0.3, -0.25) is 4.99 Å². The average Bonchev–Trinajstić information content (AvgIpc) is 3.04. The summed E-state index contributed by atoms with van der Waals surface area (Å²) in [6.07, 6.45) is 1.95. The first kappa shape index (κ1) is 26.4. The van der Waals surface area contributed by atoms with Crippen LogP contribution in [0.5, 0.6) is 0 Å². The van der Waals surface area contributed by atoms with Crippen LogP contribution in [-0.2, 0) is 11.2 Å². The Labute approximate surface area is 184 Å². The molecule has 28 heavy (non-hydrogen) atoms. The van der Waals surface area contributed by atoms with E-state index in [4.69, 9.17) is 9.26 Å². The van der Waals surface area contributed by atoms with Gasteiger partial charge in [-0.15, -0.1) is 24.0 Å². The van der Waals surface area contributed by atoms with E-state index in [1.807, 2.05) is 34.6 Å². The van der Waals surface area contributed by atoms with Crippen LogP contribution in [0.3, 0.4) is 0 Å². The lowest BCUT2D eigenvalue weighted by atomic mass is 10.2. The molecule has 3 N–H and O–H groups in total. The van der Waals surface area contributed by atoms with Gasteiger partial charge in [-0.1, -0.05) is 19.0 Å². The Bertz CT molecular complexity index is 598. The van der Waals surface area contributed by atoms with Crippen molar-refractivity contribution >= 4 is 36.0 Å². The van der Waals surface area contributed by atoms with Crippen molar-refractivity contribution in [1.82, 2.24) is 26.1 Å². The number of hydrogen-bond donors (Lipinski definition) is 3. The fourth-order valence-corrected chi connectivity index (χ4v) is 2.07. The molecule has 0 atom stereocenters. The molecule has 0 aromatic carbocycles. The van der Waals surface area contributed by atoms with Crippen LogP contribution in [0.2, 0.25) is 0 Å². The number of aromatic nitrogens is 2. The Morgan fingerprint density at radius 3 is 2.29 bits per heavy atom. The van der Waals surface area contributed by atoms with E-state index in [9.17, 15) is 4.79 Å². The van der Waals surface area contributed by atoms with Crippen molar-refractivity contribution in [1.29, 1.82) is 0 Å². The minimum Gasteiger partial charge on any atom is -0.444 e. The molecule has 162 valence electrons. The molecule has 0 spiro atoms. The van der Waals surface area contributed by atoms with Crippen molar-refractivity contribution in [3.63, 3.8) is 0 Å². The summed E-state index contributed by atoms with van der Waals surface area (Å²) in [5, 5.41) is 13.1. The summed E-state index contributed by atoms with van der Waals surface area (Å²) in [6.45, 7) is 11.6. The second-order valence-electron chi connectivity index (χ2n) is 7.51. The Balaban J connectivity index is 0.00000729. The van der Waals surface area contributed by atoms with Gasteiger partial charge in [0.1, 0.15) is 5.60 Å². The maximum absolute atomic E-state index is 11.5. The molecule has 9 nitrogen and oxygen atoms in total. The van der Waals surface area contributed by atoms with Gasteiger partial charge >= 0.3 is 6.09 Å². The predicted octanol–water partition coefficient (Wildman–Crippen LogP) is 2.82. The van der Waals surface area contributed by atoms with Crippen molar-refractivity contribution in [2.24, 2.45) is 4.99 Å². The van der Waals surface area contributed by atoms with Crippen LogP contribution in [0.15, 0.2) is 9.52 Å². The molecule has 0 aliphatic heterocycles. The van der Waals surface area contributed by atoms with Gasteiger partial charge < -0.3 is 25.2 Å². The summed E-state index contributed by atoms with van der Waals surface area (Å²) in [6, 6.07) is 0. The molecule has 1 rings (SSSR count). The third-order valence-corrected chi connectivity index (χ3v) is 3.40. The number of hydrogen-bond acceptors (Lipinski definition) is 6. The maximum atomic E-state index is 11.5. The molecule has 1 amide bonds. The van der Waals surface area contributed by atoms with Crippen molar-refractivity contribution in [3.8, 4) is 0 Å². The number of ether oxygens (including phenoxy) is 1. The molecule has 0 bridgehead atoms. The number of halogens is 1. The largest absolute Gasteiger partial charge is 0.444 e. The molecule has 0 saturated heterocycles. The van der Waals surface area contributed by atoms with Gasteiger partial charge in [-0.2, -0.15) is 4.98 Å². The van der Waals surface area contributed by atoms with Gasteiger partial charge in [0.05, 0.1) is 0 Å². The van der Waals surface area contributed by atoms with Crippen molar-refractivity contribution in [2.45, 2.75) is 65.4 Å². The smallest absolute Gasteiger partial charge is 0.407 e. The minimum absolute atomic E-state index is 0. The Kier molecular flexibility index (Phi) is 12.8. The van der Waals surface area contributed by atoms with Crippen molar-refractivity contribution < 1.29 is 14.1 Å². The zero-order chi connectivity index (χ0) is 20.3. The Morgan fingerprint density at radius 2 is 1.75 bits per heavy atom. The highest BCUT2D eigenvalue weighted by Crippen LogP contribution is 2.10. The molecule has 1 aromatic rings. The highest BCUT2D eigenvalue weighted by molar-refractivity contribution is 14.0. The van der Waals surface area contributed by atoms with Crippen molar-refractivity contribution in [3.05, 3.63) is 11.7 Å². The van der Waals surface area contributed by atoms with E-state index in [-0.39, 0.29) is 29.9 Å². The van der Waals surface area contributed by atoms with Gasteiger partial charge in [-0.25, -0.2) is 4.79 Å². The lowest BCUT2D eigenvalue weighted by molar-refractivity contribution is 0.0527. The lowest BCUT2D eigenvalue weighted by Gasteiger charge is -2.19. The van der Waals surface area contributed by atoms with Crippen LogP contribution in [0.25, 0.3) is 0 Å². The zero-order valence-corrected chi connectivity index (χ0v) is 20.1. The number of amides is 1. The van der Waals surface area contributed by atoms with Gasteiger partial charge in [0.15, 0.2) is 11.8 Å².